The lowest BCUT2D eigenvalue weighted by molar-refractivity contribution is -0.142. The zero-order valence-electron chi connectivity index (χ0n) is 12.0. The first kappa shape index (κ1) is 15.9. The summed E-state index contributed by atoms with van der Waals surface area (Å²) in [5.41, 5.74) is 0. The molecule has 2 N–H and O–H groups in total. The van der Waals surface area contributed by atoms with Gasteiger partial charge in [-0.15, -0.1) is 11.3 Å². The van der Waals surface area contributed by atoms with Crippen molar-refractivity contribution in [1.82, 2.24) is 10.3 Å². The van der Waals surface area contributed by atoms with Crippen molar-refractivity contribution >= 4 is 22.4 Å². The van der Waals surface area contributed by atoms with Gasteiger partial charge in [-0.25, -0.2) is 4.98 Å². The van der Waals surface area contributed by atoms with Gasteiger partial charge in [-0.1, -0.05) is 13.8 Å². The van der Waals surface area contributed by atoms with E-state index in [1.54, 1.807) is 11.3 Å². The number of aromatic nitrogens is 1. The third-order valence-corrected chi connectivity index (χ3v) is 3.88. The smallest absolute Gasteiger partial charge is 0.307 e. The number of rotatable bonds is 8. The van der Waals surface area contributed by atoms with Gasteiger partial charge in [0.2, 0.25) is 0 Å². The van der Waals surface area contributed by atoms with Crippen molar-refractivity contribution in [2.75, 3.05) is 25.5 Å². The van der Waals surface area contributed by atoms with Gasteiger partial charge in [0, 0.05) is 38.3 Å². The Kier molecular flexibility index (Phi) is 6.24. The Balaban J connectivity index is 2.40. The fourth-order valence-corrected chi connectivity index (χ4v) is 2.60. The van der Waals surface area contributed by atoms with E-state index in [0.717, 1.165) is 10.0 Å². The molecule has 0 aromatic carbocycles. The van der Waals surface area contributed by atoms with Crippen LogP contribution in [0.3, 0.4) is 0 Å². The van der Waals surface area contributed by atoms with E-state index in [2.05, 4.69) is 10.3 Å². The Morgan fingerprint density at radius 1 is 1.53 bits per heavy atom. The van der Waals surface area contributed by atoms with Gasteiger partial charge in [0.15, 0.2) is 5.13 Å². The van der Waals surface area contributed by atoms with E-state index in [1.165, 1.54) is 0 Å². The minimum atomic E-state index is -0.723. The highest BCUT2D eigenvalue weighted by atomic mass is 32.1. The topological polar surface area (TPSA) is 65.5 Å². The number of carboxylic acid groups (broad SMARTS) is 1. The normalized spacial score (nSPS) is 12.7. The van der Waals surface area contributed by atoms with Crippen LogP contribution in [0.4, 0.5) is 5.13 Å². The van der Waals surface area contributed by atoms with Crippen molar-refractivity contribution in [3.05, 3.63) is 11.1 Å². The molecular formula is C13H23N3O2S. The van der Waals surface area contributed by atoms with Crippen LogP contribution in [0.2, 0.25) is 0 Å². The summed E-state index contributed by atoms with van der Waals surface area (Å²) in [5.74, 6) is -0.646. The van der Waals surface area contributed by atoms with Gasteiger partial charge < -0.3 is 15.3 Å². The Bertz CT molecular complexity index is 404. The number of nitrogens with zero attached hydrogens (tertiary/aromatic N) is 2. The van der Waals surface area contributed by atoms with Gasteiger partial charge in [0.1, 0.15) is 0 Å². The average molecular weight is 285 g/mol. The number of carboxylic acids is 1. The summed E-state index contributed by atoms with van der Waals surface area (Å²) in [5, 5.41) is 13.3. The number of carbonyl (C=O) groups is 1. The third kappa shape index (κ3) is 5.57. The molecule has 0 saturated heterocycles. The number of nitrogens with one attached hydrogen (secondary N) is 1. The molecule has 0 bridgehead atoms. The summed E-state index contributed by atoms with van der Waals surface area (Å²) >= 11 is 1.62. The first-order chi connectivity index (χ1) is 8.90. The van der Waals surface area contributed by atoms with Crippen LogP contribution in [0.25, 0.3) is 0 Å². The van der Waals surface area contributed by atoms with Crippen molar-refractivity contribution in [2.24, 2.45) is 11.8 Å². The second kappa shape index (κ2) is 7.45. The first-order valence-corrected chi connectivity index (χ1v) is 7.27. The van der Waals surface area contributed by atoms with Gasteiger partial charge in [-0.3, -0.25) is 4.79 Å². The molecule has 0 aliphatic heterocycles. The molecule has 0 aliphatic rings. The molecule has 0 spiro atoms. The number of anilines is 1. The minimum Gasteiger partial charge on any atom is -0.481 e. The molecule has 108 valence electrons. The van der Waals surface area contributed by atoms with Gasteiger partial charge >= 0.3 is 5.97 Å². The van der Waals surface area contributed by atoms with Crippen LogP contribution in [0.15, 0.2) is 6.20 Å². The summed E-state index contributed by atoms with van der Waals surface area (Å²) in [6.07, 6.45) is 2.54. The molecule has 1 heterocycles. The molecule has 1 rings (SSSR count). The highest BCUT2D eigenvalue weighted by Gasteiger charge is 2.18. The van der Waals surface area contributed by atoms with Crippen LogP contribution in [0.5, 0.6) is 0 Å². The molecule has 0 radical (unpaired) electrons. The second-order valence-corrected chi connectivity index (χ2v) is 6.39. The molecule has 0 aliphatic carbocycles. The highest BCUT2D eigenvalue weighted by molar-refractivity contribution is 7.15. The van der Waals surface area contributed by atoms with Gasteiger partial charge in [-0.05, 0) is 12.3 Å². The van der Waals surface area contributed by atoms with E-state index in [-0.39, 0.29) is 5.92 Å². The van der Waals surface area contributed by atoms with E-state index in [1.807, 2.05) is 39.0 Å². The molecule has 0 amide bonds. The summed E-state index contributed by atoms with van der Waals surface area (Å²) in [7, 11) is 3.91. The summed E-state index contributed by atoms with van der Waals surface area (Å²) in [6.45, 7) is 5.26. The minimum absolute atomic E-state index is 0.318. The van der Waals surface area contributed by atoms with Crippen LogP contribution in [-0.2, 0) is 11.3 Å². The monoisotopic (exact) mass is 285 g/mol. The number of hydrogen-bond acceptors (Lipinski definition) is 5. The van der Waals surface area contributed by atoms with Crippen LogP contribution in [0.1, 0.15) is 25.1 Å². The van der Waals surface area contributed by atoms with Crippen LogP contribution in [0, 0.1) is 11.8 Å². The molecule has 6 heteroatoms. The molecule has 19 heavy (non-hydrogen) atoms. The molecule has 1 atom stereocenters. The van der Waals surface area contributed by atoms with Crippen LogP contribution in [-0.4, -0.2) is 36.7 Å². The fourth-order valence-electron chi connectivity index (χ4n) is 1.80. The lowest BCUT2D eigenvalue weighted by Crippen LogP contribution is -2.29. The maximum absolute atomic E-state index is 11.1. The number of thiazole rings is 1. The Morgan fingerprint density at radius 2 is 2.21 bits per heavy atom. The third-order valence-electron chi connectivity index (χ3n) is 2.72. The Labute approximate surface area is 118 Å². The molecule has 1 unspecified atom stereocenters. The lowest BCUT2D eigenvalue weighted by Gasteiger charge is -2.14. The maximum atomic E-state index is 11.1. The number of aliphatic carboxylic acids is 1. The van der Waals surface area contributed by atoms with E-state index in [9.17, 15) is 4.79 Å². The predicted molar refractivity (Wildman–Crippen MR) is 78.7 cm³/mol. The standard InChI is InChI=1S/C13H23N3O2S/c1-9(2)5-10(12(17)18)6-14-7-11-8-15-13(19-11)16(3)4/h8-10,14H,5-7H2,1-4H3,(H,17,18). The van der Waals surface area contributed by atoms with E-state index in [4.69, 9.17) is 5.11 Å². The zero-order valence-corrected chi connectivity index (χ0v) is 12.8. The van der Waals surface area contributed by atoms with Crippen molar-refractivity contribution in [3.63, 3.8) is 0 Å². The lowest BCUT2D eigenvalue weighted by atomic mass is 9.97. The Hall–Kier alpha value is -1.14. The molecule has 1 aromatic heterocycles. The quantitative estimate of drug-likeness (QED) is 0.765. The van der Waals surface area contributed by atoms with Crippen molar-refractivity contribution in [1.29, 1.82) is 0 Å². The number of hydrogen-bond donors (Lipinski definition) is 2. The van der Waals surface area contributed by atoms with Crippen LogP contribution < -0.4 is 10.2 Å². The fraction of sp³-hybridized carbons (Fsp3) is 0.692. The summed E-state index contributed by atoms with van der Waals surface area (Å²) in [6, 6.07) is 0. The van der Waals surface area contributed by atoms with Crippen LogP contribution >= 0.6 is 11.3 Å². The largest absolute Gasteiger partial charge is 0.481 e. The van der Waals surface area contributed by atoms with Crippen molar-refractivity contribution < 1.29 is 9.90 Å². The Morgan fingerprint density at radius 3 is 2.68 bits per heavy atom. The van der Waals surface area contributed by atoms with E-state index < -0.39 is 5.97 Å². The highest BCUT2D eigenvalue weighted by Crippen LogP contribution is 2.20. The molecule has 1 aromatic rings. The van der Waals surface area contributed by atoms with E-state index in [0.29, 0.717) is 25.4 Å². The van der Waals surface area contributed by atoms with Gasteiger partial charge in [-0.2, -0.15) is 0 Å². The molecular weight excluding hydrogens is 262 g/mol. The summed E-state index contributed by atoms with van der Waals surface area (Å²) in [4.78, 5) is 18.5. The van der Waals surface area contributed by atoms with Gasteiger partial charge in [0.25, 0.3) is 0 Å². The van der Waals surface area contributed by atoms with E-state index >= 15 is 0 Å². The van der Waals surface area contributed by atoms with Crippen molar-refractivity contribution in [3.8, 4) is 0 Å². The molecule has 0 saturated carbocycles. The zero-order chi connectivity index (χ0) is 14.4. The predicted octanol–water partition coefficient (Wildman–Crippen LogP) is 2.05. The maximum Gasteiger partial charge on any atom is 0.307 e. The molecule has 5 nitrogen and oxygen atoms in total. The average Bonchev–Trinajstić information content (AvgIpc) is 2.75. The summed E-state index contributed by atoms with van der Waals surface area (Å²) < 4.78 is 0. The van der Waals surface area contributed by atoms with Gasteiger partial charge in [0.05, 0.1) is 5.92 Å². The second-order valence-electron chi connectivity index (χ2n) is 5.30. The molecule has 0 fully saturated rings. The van der Waals surface area contributed by atoms with Crippen molar-refractivity contribution in [2.45, 2.75) is 26.8 Å². The first-order valence-electron chi connectivity index (χ1n) is 6.45. The SMILES string of the molecule is CC(C)CC(CNCc1cnc(N(C)C)s1)C(=O)O.